The Morgan fingerprint density at radius 1 is 0.857 bits per heavy atom. The van der Waals surface area contributed by atoms with Crippen LogP contribution in [0.4, 0.5) is 0 Å². The minimum Gasteiger partial charge on any atom is -0.0991 e. The van der Waals surface area contributed by atoms with Gasteiger partial charge < -0.3 is 0 Å². The fraction of sp³-hybridized carbons (Fsp3) is 0.143. The number of benzene rings is 3. The first kappa shape index (κ1) is 19.6. The Kier molecular flexibility index (Phi) is 6.11. The van der Waals surface area contributed by atoms with Crippen LogP contribution in [-0.4, -0.2) is 0 Å². The van der Waals surface area contributed by atoms with Crippen molar-refractivity contribution < 1.29 is 0 Å². The Balaban J connectivity index is 2.10. The highest BCUT2D eigenvalue weighted by Gasteiger charge is 2.11. The molecule has 28 heavy (non-hydrogen) atoms. The van der Waals surface area contributed by atoms with Crippen molar-refractivity contribution in [3.63, 3.8) is 0 Å². The topological polar surface area (TPSA) is 0 Å². The van der Waals surface area contributed by atoms with Gasteiger partial charge in [0.05, 0.1) is 0 Å². The van der Waals surface area contributed by atoms with E-state index in [9.17, 15) is 0 Å². The molecule has 0 saturated carbocycles. The molecule has 0 bridgehead atoms. The predicted molar refractivity (Wildman–Crippen MR) is 125 cm³/mol. The maximum atomic E-state index is 3.87. The van der Waals surface area contributed by atoms with E-state index in [2.05, 4.69) is 113 Å². The van der Waals surface area contributed by atoms with Gasteiger partial charge in [-0.1, -0.05) is 85.5 Å². The van der Waals surface area contributed by atoms with E-state index in [0.29, 0.717) is 0 Å². The van der Waals surface area contributed by atoms with Crippen LogP contribution in [0.1, 0.15) is 31.9 Å². The second-order valence-electron chi connectivity index (χ2n) is 7.24. The van der Waals surface area contributed by atoms with E-state index in [4.69, 9.17) is 0 Å². The summed E-state index contributed by atoms with van der Waals surface area (Å²) in [6.07, 6.45) is 8.21. The molecule has 0 heterocycles. The van der Waals surface area contributed by atoms with Crippen molar-refractivity contribution in [2.24, 2.45) is 0 Å². The Bertz CT molecular complexity index is 1100. The third kappa shape index (κ3) is 4.07. The zero-order valence-corrected chi connectivity index (χ0v) is 17.3. The van der Waals surface area contributed by atoms with Crippen LogP contribution in [0.2, 0.25) is 0 Å². The molecule has 3 rings (SSSR count). The van der Waals surface area contributed by atoms with Crippen LogP contribution in [0, 0.1) is 6.92 Å². The van der Waals surface area contributed by atoms with Gasteiger partial charge in [-0.15, -0.1) is 0 Å². The third-order valence-corrected chi connectivity index (χ3v) is 5.15. The van der Waals surface area contributed by atoms with Crippen LogP contribution in [-0.2, 0) is 0 Å². The van der Waals surface area contributed by atoms with Crippen molar-refractivity contribution in [3.8, 4) is 11.1 Å². The average Bonchev–Trinajstić information content (AvgIpc) is 2.69. The molecule has 0 nitrogen and oxygen atoms in total. The van der Waals surface area contributed by atoms with E-state index in [1.165, 1.54) is 49.7 Å². The monoisotopic (exact) mass is 364 g/mol. The summed E-state index contributed by atoms with van der Waals surface area (Å²) in [6, 6.07) is 22.0. The molecular weight excluding hydrogens is 336 g/mol. The standard InChI is InChI=1S/C28H28/c1-6-10-20(3)28(21(4)11-7-2)27-17-16-25(18-22(27)5)26-15-14-23-12-8-9-13-24(23)19-26/h6-19H,1H2,2-5H3/b11-7-,20-10+,28-21-. The van der Waals surface area contributed by atoms with E-state index < -0.39 is 0 Å². The molecule has 3 aromatic carbocycles. The maximum Gasteiger partial charge on any atom is -0.0123 e. The van der Waals surface area contributed by atoms with Gasteiger partial charge in [-0.3, -0.25) is 0 Å². The van der Waals surface area contributed by atoms with Gasteiger partial charge in [0, 0.05) is 0 Å². The van der Waals surface area contributed by atoms with Gasteiger partial charge in [0.1, 0.15) is 0 Å². The Morgan fingerprint density at radius 2 is 1.54 bits per heavy atom. The molecule has 0 spiro atoms. The van der Waals surface area contributed by atoms with Crippen molar-refractivity contribution in [3.05, 3.63) is 114 Å². The largest absolute Gasteiger partial charge is 0.0991 e. The lowest BCUT2D eigenvalue weighted by molar-refractivity contribution is 1.36. The summed E-state index contributed by atoms with van der Waals surface area (Å²) in [7, 11) is 0. The molecule has 0 radical (unpaired) electrons. The molecule has 0 N–H and O–H groups in total. The van der Waals surface area contributed by atoms with Crippen LogP contribution >= 0.6 is 0 Å². The molecule has 0 heteroatoms. The number of fused-ring (bicyclic) bond motifs is 1. The summed E-state index contributed by atoms with van der Waals surface area (Å²) in [5.41, 5.74) is 8.83. The van der Waals surface area contributed by atoms with E-state index in [1.54, 1.807) is 0 Å². The van der Waals surface area contributed by atoms with E-state index in [0.717, 1.165) is 0 Å². The Morgan fingerprint density at radius 3 is 2.21 bits per heavy atom. The second kappa shape index (κ2) is 8.71. The van der Waals surface area contributed by atoms with Gasteiger partial charge in [-0.2, -0.15) is 0 Å². The van der Waals surface area contributed by atoms with Gasteiger partial charge in [0.25, 0.3) is 0 Å². The Labute approximate surface area is 169 Å². The lowest BCUT2D eigenvalue weighted by Crippen LogP contribution is -1.95. The van der Waals surface area contributed by atoms with Crippen LogP contribution in [0.3, 0.4) is 0 Å². The second-order valence-corrected chi connectivity index (χ2v) is 7.24. The highest BCUT2D eigenvalue weighted by Crippen LogP contribution is 2.33. The van der Waals surface area contributed by atoms with Crippen molar-refractivity contribution in [1.29, 1.82) is 0 Å². The minimum atomic E-state index is 1.23. The molecular formula is C28H28. The maximum absolute atomic E-state index is 3.87. The molecule has 3 aromatic rings. The summed E-state index contributed by atoms with van der Waals surface area (Å²) in [5.74, 6) is 0. The molecule has 0 aliphatic carbocycles. The predicted octanol–water partition coefficient (Wildman–Crippen LogP) is 8.30. The molecule has 0 fully saturated rings. The molecule has 0 aliphatic heterocycles. The molecule has 0 unspecified atom stereocenters. The van der Waals surface area contributed by atoms with E-state index >= 15 is 0 Å². The molecule has 0 aliphatic rings. The van der Waals surface area contributed by atoms with Gasteiger partial charge in [0.15, 0.2) is 0 Å². The van der Waals surface area contributed by atoms with Gasteiger partial charge in [-0.05, 0) is 83.5 Å². The summed E-state index contributed by atoms with van der Waals surface area (Å²) in [4.78, 5) is 0. The fourth-order valence-corrected chi connectivity index (χ4v) is 3.82. The first-order chi connectivity index (χ1) is 13.5. The van der Waals surface area contributed by atoms with Crippen molar-refractivity contribution in [1.82, 2.24) is 0 Å². The van der Waals surface area contributed by atoms with Crippen molar-refractivity contribution in [2.45, 2.75) is 27.7 Å². The Hall–Kier alpha value is -3.12. The average molecular weight is 365 g/mol. The molecule has 0 amide bonds. The minimum absolute atomic E-state index is 1.23. The number of hydrogen-bond donors (Lipinski definition) is 0. The zero-order valence-electron chi connectivity index (χ0n) is 17.3. The SMILES string of the molecule is C=C/C=C(C)/C(=C(C)/C=C\C)c1ccc(-c2ccc3ccccc3c2)cc1C. The molecule has 0 saturated heterocycles. The van der Waals surface area contributed by atoms with Gasteiger partial charge in [0.2, 0.25) is 0 Å². The number of allylic oxidation sites excluding steroid dienone is 7. The lowest BCUT2D eigenvalue weighted by atomic mass is 9.89. The molecule has 0 atom stereocenters. The van der Waals surface area contributed by atoms with Crippen LogP contribution < -0.4 is 0 Å². The number of rotatable bonds is 5. The summed E-state index contributed by atoms with van der Waals surface area (Å²) in [5, 5.41) is 2.55. The van der Waals surface area contributed by atoms with Crippen molar-refractivity contribution >= 4 is 16.3 Å². The van der Waals surface area contributed by atoms with Crippen molar-refractivity contribution in [2.75, 3.05) is 0 Å². The van der Waals surface area contributed by atoms with Gasteiger partial charge in [-0.25, -0.2) is 0 Å². The van der Waals surface area contributed by atoms with Crippen LogP contribution in [0.5, 0.6) is 0 Å². The third-order valence-electron chi connectivity index (χ3n) is 5.15. The summed E-state index contributed by atoms with van der Waals surface area (Å²) < 4.78 is 0. The van der Waals surface area contributed by atoms with Crippen LogP contribution in [0.15, 0.2) is 103 Å². The molecule has 0 aromatic heterocycles. The smallest absolute Gasteiger partial charge is 0.0123 e. The van der Waals surface area contributed by atoms with Crippen LogP contribution in [0.25, 0.3) is 27.5 Å². The van der Waals surface area contributed by atoms with E-state index in [-0.39, 0.29) is 0 Å². The lowest BCUT2D eigenvalue weighted by Gasteiger charge is -2.16. The first-order valence-electron chi connectivity index (χ1n) is 9.78. The van der Waals surface area contributed by atoms with Gasteiger partial charge >= 0.3 is 0 Å². The summed E-state index contributed by atoms with van der Waals surface area (Å²) >= 11 is 0. The number of hydrogen-bond acceptors (Lipinski definition) is 0. The quantitative estimate of drug-likeness (QED) is 0.399. The first-order valence-corrected chi connectivity index (χ1v) is 9.78. The molecule has 140 valence electrons. The zero-order chi connectivity index (χ0) is 20.1. The highest BCUT2D eigenvalue weighted by molar-refractivity contribution is 5.89. The number of aryl methyl sites for hydroxylation is 1. The summed E-state index contributed by atoms with van der Waals surface area (Å²) in [6.45, 7) is 12.4. The highest BCUT2D eigenvalue weighted by atomic mass is 14.2. The fourth-order valence-electron chi connectivity index (χ4n) is 3.82. The normalized spacial score (nSPS) is 13.1. The van der Waals surface area contributed by atoms with E-state index in [1.807, 2.05) is 6.08 Å².